The predicted octanol–water partition coefficient (Wildman–Crippen LogP) is 10.0. The smallest absolute Gasteiger partial charge is 0.138 e. The summed E-state index contributed by atoms with van der Waals surface area (Å²) in [5.41, 5.74) is 4.93. The third-order valence-corrected chi connectivity index (χ3v) is 9.14. The molecule has 0 saturated carbocycles. The molecule has 1 atom stereocenters. The molecule has 0 radical (unpaired) electrons. The van der Waals surface area contributed by atoms with Crippen LogP contribution in [0.2, 0.25) is 0 Å². The Hall–Kier alpha value is -3.67. The van der Waals surface area contributed by atoms with Gasteiger partial charge in [-0.1, -0.05) is 55.5 Å². The monoisotopic (exact) mass is 519 g/mol. The average molecular weight is 520 g/mol. The van der Waals surface area contributed by atoms with E-state index in [0.29, 0.717) is 5.92 Å². The van der Waals surface area contributed by atoms with E-state index in [1.54, 1.807) is 0 Å². The Bertz CT molecular complexity index is 1690. The van der Waals surface area contributed by atoms with Crippen LogP contribution in [0.4, 0.5) is 10.8 Å². The van der Waals surface area contributed by atoms with E-state index < -0.39 is 0 Å². The molecule has 37 heavy (non-hydrogen) atoms. The largest absolute Gasteiger partial charge is 0.309 e. The highest BCUT2D eigenvalue weighted by Crippen LogP contribution is 2.45. The van der Waals surface area contributed by atoms with E-state index in [9.17, 15) is 0 Å². The molecule has 184 valence electrons. The molecule has 0 spiro atoms. The molecule has 0 N–H and O–H groups in total. The molecule has 0 aliphatic heterocycles. The molecule has 3 nitrogen and oxygen atoms in total. The van der Waals surface area contributed by atoms with Crippen LogP contribution < -0.4 is 4.90 Å². The van der Waals surface area contributed by atoms with Crippen molar-refractivity contribution < 1.29 is 0 Å². The molecule has 0 saturated heterocycles. The fraction of sp³-hybridized carbons (Fsp3) is 0.156. The molecule has 1 aliphatic rings. The minimum atomic E-state index is 0.593. The molecular weight excluding hydrogens is 491 g/mol. The Balaban J connectivity index is 1.46. The van der Waals surface area contributed by atoms with E-state index in [2.05, 4.69) is 113 Å². The van der Waals surface area contributed by atoms with Gasteiger partial charge in [0.05, 0.1) is 15.7 Å². The van der Waals surface area contributed by atoms with Gasteiger partial charge >= 0.3 is 0 Å². The van der Waals surface area contributed by atoms with Gasteiger partial charge in [-0.2, -0.15) is 0 Å². The molecular formula is C32H29N3S2. The third-order valence-electron chi connectivity index (χ3n) is 6.72. The Kier molecular flexibility index (Phi) is 6.41. The van der Waals surface area contributed by atoms with Gasteiger partial charge in [-0.15, -0.1) is 22.7 Å². The maximum atomic E-state index is 4.66. The van der Waals surface area contributed by atoms with Crippen LogP contribution in [0.3, 0.4) is 0 Å². The van der Waals surface area contributed by atoms with Gasteiger partial charge in [-0.3, -0.25) is 4.90 Å². The number of pyridine rings is 1. The summed E-state index contributed by atoms with van der Waals surface area (Å²) < 4.78 is 3.78. The number of hydrogen-bond donors (Lipinski definition) is 0. The number of thiophene rings is 2. The topological polar surface area (TPSA) is 21.1 Å². The van der Waals surface area contributed by atoms with Crippen LogP contribution in [0, 0.1) is 5.92 Å². The summed E-state index contributed by atoms with van der Waals surface area (Å²) in [7, 11) is 0. The number of benzene rings is 1. The molecule has 0 amide bonds. The summed E-state index contributed by atoms with van der Waals surface area (Å²) >= 11 is 3.69. The first-order valence-corrected chi connectivity index (χ1v) is 14.3. The van der Waals surface area contributed by atoms with Gasteiger partial charge in [0.2, 0.25) is 0 Å². The number of fused-ring (bicyclic) bond motifs is 3. The SMILES string of the molecule is C/C=C\C(=C/C)N(c1ccccn1)c1ccc(-c2cc3c(s2)c2ccccc2n3C2=CCC(C)C=C2)s1. The maximum absolute atomic E-state index is 4.66. The highest BCUT2D eigenvalue weighted by atomic mass is 32.1. The minimum Gasteiger partial charge on any atom is -0.309 e. The predicted molar refractivity (Wildman–Crippen MR) is 163 cm³/mol. The van der Waals surface area contributed by atoms with Gasteiger partial charge in [0, 0.05) is 32.7 Å². The van der Waals surface area contributed by atoms with Gasteiger partial charge in [0.25, 0.3) is 0 Å². The highest BCUT2D eigenvalue weighted by molar-refractivity contribution is 7.27. The van der Waals surface area contributed by atoms with E-state index >= 15 is 0 Å². The number of rotatable bonds is 6. The molecule has 1 aromatic carbocycles. The zero-order chi connectivity index (χ0) is 25.4. The molecule has 1 aliphatic carbocycles. The van der Waals surface area contributed by atoms with Crippen molar-refractivity contribution in [1.82, 2.24) is 9.55 Å². The molecule has 4 heterocycles. The van der Waals surface area contributed by atoms with Crippen LogP contribution in [-0.4, -0.2) is 9.55 Å². The lowest BCUT2D eigenvalue weighted by atomic mass is 10.0. The van der Waals surface area contributed by atoms with Crippen molar-refractivity contribution in [2.75, 3.05) is 4.90 Å². The van der Waals surface area contributed by atoms with Crippen molar-refractivity contribution in [1.29, 1.82) is 0 Å². The van der Waals surface area contributed by atoms with Crippen molar-refractivity contribution in [3.05, 3.63) is 109 Å². The fourth-order valence-corrected chi connectivity index (χ4v) is 7.22. The van der Waals surface area contributed by atoms with Crippen molar-refractivity contribution >= 4 is 60.3 Å². The van der Waals surface area contributed by atoms with Crippen LogP contribution in [-0.2, 0) is 0 Å². The van der Waals surface area contributed by atoms with Gasteiger partial charge in [0.15, 0.2) is 0 Å². The molecule has 5 heteroatoms. The molecule has 1 unspecified atom stereocenters. The van der Waals surface area contributed by atoms with Crippen LogP contribution in [0.5, 0.6) is 0 Å². The maximum Gasteiger partial charge on any atom is 0.138 e. The summed E-state index contributed by atoms with van der Waals surface area (Å²) in [4.78, 5) is 9.46. The van der Waals surface area contributed by atoms with Crippen LogP contribution in [0.25, 0.3) is 36.6 Å². The average Bonchev–Trinajstić information content (AvgIpc) is 3.64. The van der Waals surface area contributed by atoms with E-state index in [4.69, 9.17) is 0 Å². The van der Waals surface area contributed by atoms with Crippen molar-refractivity contribution in [2.24, 2.45) is 5.92 Å². The van der Waals surface area contributed by atoms with E-state index in [0.717, 1.165) is 22.9 Å². The van der Waals surface area contributed by atoms with Gasteiger partial charge in [-0.25, -0.2) is 4.98 Å². The first-order chi connectivity index (χ1) is 18.2. The summed E-state index contributed by atoms with van der Waals surface area (Å²) in [6.45, 7) is 6.40. The molecule has 0 bridgehead atoms. The standard InChI is InChI=1S/C32H29N3S2/c1-4-10-23(5-2)35(30-13-8-9-20-33-30)31-19-18-28(36-31)29-21-27-32(37-29)25-11-6-7-12-26(25)34(27)24-16-14-22(3)15-17-24/h4-14,16-22H,15H2,1-3H3/b10-4-,23-5+. The Labute approximate surface area is 226 Å². The number of anilines is 2. The van der Waals surface area contributed by atoms with E-state index in [-0.39, 0.29) is 0 Å². The summed E-state index contributed by atoms with van der Waals surface area (Å²) in [6, 6.07) is 21.7. The lowest BCUT2D eigenvalue weighted by Crippen LogP contribution is -2.14. The van der Waals surface area contributed by atoms with E-state index in [1.807, 2.05) is 47.9 Å². The number of aromatic nitrogens is 2. The van der Waals surface area contributed by atoms with Crippen molar-refractivity contribution in [3.8, 4) is 9.75 Å². The molecule has 4 aromatic heterocycles. The van der Waals surface area contributed by atoms with Gasteiger partial charge < -0.3 is 4.57 Å². The number of nitrogens with zero attached hydrogens (tertiary/aromatic N) is 3. The van der Waals surface area contributed by atoms with Crippen molar-refractivity contribution in [3.63, 3.8) is 0 Å². The highest BCUT2D eigenvalue weighted by Gasteiger charge is 2.20. The Morgan fingerprint density at radius 2 is 1.86 bits per heavy atom. The lowest BCUT2D eigenvalue weighted by Gasteiger charge is -2.23. The lowest BCUT2D eigenvalue weighted by molar-refractivity contribution is 0.735. The van der Waals surface area contributed by atoms with Gasteiger partial charge in [-0.05, 0) is 74.7 Å². The second kappa shape index (κ2) is 10.0. The van der Waals surface area contributed by atoms with Gasteiger partial charge in [0.1, 0.15) is 10.8 Å². The van der Waals surface area contributed by atoms with Crippen LogP contribution in [0.15, 0.2) is 109 Å². The second-order valence-electron chi connectivity index (χ2n) is 9.25. The van der Waals surface area contributed by atoms with E-state index in [1.165, 1.54) is 36.6 Å². The number of para-hydroxylation sites is 1. The summed E-state index contributed by atoms with van der Waals surface area (Å²) in [5.74, 6) is 1.51. The third kappa shape index (κ3) is 4.28. The first kappa shape index (κ1) is 23.7. The molecule has 6 rings (SSSR count). The summed E-state index contributed by atoms with van der Waals surface area (Å²) in [5, 5.41) is 2.47. The van der Waals surface area contributed by atoms with Crippen LogP contribution in [0.1, 0.15) is 27.2 Å². The summed E-state index contributed by atoms with van der Waals surface area (Å²) in [6.07, 6.45) is 16.3. The molecule has 0 fully saturated rings. The Morgan fingerprint density at radius 1 is 1.00 bits per heavy atom. The quantitative estimate of drug-likeness (QED) is 0.208. The first-order valence-electron chi connectivity index (χ1n) is 12.7. The fourth-order valence-electron chi connectivity index (χ4n) is 4.92. The normalized spacial score (nSPS) is 16.2. The zero-order valence-electron chi connectivity index (χ0n) is 21.3. The molecule has 5 aromatic rings. The Morgan fingerprint density at radius 3 is 2.62 bits per heavy atom. The van der Waals surface area contributed by atoms with Crippen LogP contribution >= 0.6 is 22.7 Å². The number of allylic oxidation sites excluding steroid dienone is 7. The van der Waals surface area contributed by atoms with Crippen molar-refractivity contribution in [2.45, 2.75) is 27.2 Å². The minimum absolute atomic E-state index is 0.593. The number of hydrogen-bond acceptors (Lipinski definition) is 4. The second-order valence-corrected chi connectivity index (χ2v) is 11.4. The zero-order valence-corrected chi connectivity index (χ0v) is 22.9.